The van der Waals surface area contributed by atoms with Gasteiger partial charge in [-0.1, -0.05) is 27.3 Å². The third-order valence-electron chi connectivity index (χ3n) is 1.93. The Bertz CT molecular complexity index is 428. The summed E-state index contributed by atoms with van der Waals surface area (Å²) in [7, 11) is 0. The number of thioether (sulfide) groups is 1. The topological polar surface area (TPSA) is 57.0 Å². The van der Waals surface area contributed by atoms with Crippen LogP contribution in [0.2, 0.25) is 0 Å². The number of rotatable bonds is 2. The number of alkyl halides is 1. The van der Waals surface area contributed by atoms with Crippen molar-refractivity contribution >= 4 is 50.1 Å². The van der Waals surface area contributed by atoms with Gasteiger partial charge in [0.2, 0.25) is 5.91 Å². The van der Waals surface area contributed by atoms with E-state index in [-0.39, 0.29) is 10.7 Å². The lowest BCUT2D eigenvalue weighted by molar-refractivity contribution is -0.117. The third-order valence-corrected chi connectivity index (χ3v) is 4.25. The van der Waals surface area contributed by atoms with E-state index < -0.39 is 0 Å². The molecule has 0 N–H and O–H groups in total. The number of thiazole rings is 1. The summed E-state index contributed by atoms with van der Waals surface area (Å²) in [6.45, 7) is 0.656. The zero-order valence-electron chi connectivity index (χ0n) is 7.51. The van der Waals surface area contributed by atoms with Gasteiger partial charge in [0.25, 0.3) is 0 Å². The fourth-order valence-electron chi connectivity index (χ4n) is 1.32. The van der Waals surface area contributed by atoms with Crippen molar-refractivity contribution in [2.75, 3.05) is 11.4 Å². The van der Waals surface area contributed by atoms with E-state index in [1.54, 1.807) is 11.1 Å². The zero-order chi connectivity index (χ0) is 10.8. The first-order chi connectivity index (χ1) is 7.20. The Morgan fingerprint density at radius 3 is 3.20 bits per heavy atom. The number of amides is 1. The van der Waals surface area contributed by atoms with Gasteiger partial charge in [-0.25, -0.2) is 4.98 Å². The van der Waals surface area contributed by atoms with E-state index in [2.05, 4.69) is 20.9 Å². The molecule has 0 bridgehead atoms. The van der Waals surface area contributed by atoms with E-state index in [1.807, 2.05) is 5.40 Å². The van der Waals surface area contributed by atoms with Crippen molar-refractivity contribution in [2.24, 2.45) is 0 Å². The molecule has 1 aliphatic rings. The molecule has 1 atom stereocenters. The molecule has 15 heavy (non-hydrogen) atoms. The predicted molar refractivity (Wildman–Crippen MR) is 63.3 cm³/mol. The van der Waals surface area contributed by atoms with Crippen molar-refractivity contribution in [2.45, 2.75) is 15.5 Å². The summed E-state index contributed by atoms with van der Waals surface area (Å²) in [5.41, 5.74) is 0. The Labute approximate surface area is 103 Å². The second-order valence-corrected chi connectivity index (χ2v) is 6.35. The Balaban J connectivity index is 2.16. The van der Waals surface area contributed by atoms with Crippen LogP contribution in [0.4, 0.5) is 5.13 Å². The molecule has 2 heterocycles. The first-order valence-corrected chi connectivity index (χ1v) is 6.72. The van der Waals surface area contributed by atoms with Crippen LogP contribution in [0.1, 0.15) is 6.42 Å². The maximum Gasteiger partial charge on any atom is 0.230 e. The maximum absolute atomic E-state index is 11.5. The summed E-state index contributed by atoms with van der Waals surface area (Å²) < 4.78 is 0.818. The van der Waals surface area contributed by atoms with E-state index in [9.17, 15) is 4.79 Å². The zero-order valence-corrected chi connectivity index (χ0v) is 10.7. The summed E-state index contributed by atoms with van der Waals surface area (Å²) in [6, 6.07) is 0. The Morgan fingerprint density at radius 2 is 2.60 bits per heavy atom. The van der Waals surface area contributed by atoms with Crippen LogP contribution >= 0.6 is 39.0 Å². The lowest BCUT2D eigenvalue weighted by Crippen LogP contribution is -2.24. The predicted octanol–water partition coefficient (Wildman–Crippen LogP) is 2.22. The number of nitriles is 1. The monoisotopic (exact) mass is 303 g/mol. The van der Waals surface area contributed by atoms with Crippen LogP contribution in [-0.4, -0.2) is 22.3 Å². The SMILES string of the molecule is N#CSc1cnc(N2CC(Br)CC2=O)s1. The van der Waals surface area contributed by atoms with Crippen LogP contribution in [0.15, 0.2) is 10.4 Å². The van der Waals surface area contributed by atoms with Crippen molar-refractivity contribution in [3.8, 4) is 5.40 Å². The minimum atomic E-state index is 0.0831. The highest BCUT2D eigenvalue weighted by atomic mass is 79.9. The number of anilines is 1. The number of hydrogen-bond acceptors (Lipinski definition) is 5. The molecule has 0 saturated carbocycles. The van der Waals surface area contributed by atoms with Gasteiger partial charge < -0.3 is 0 Å². The van der Waals surface area contributed by atoms with Gasteiger partial charge in [-0.05, 0) is 0 Å². The Hall–Kier alpha value is -0.580. The molecule has 1 amide bonds. The molecular weight excluding hydrogens is 298 g/mol. The molecular formula is C8H6BrN3OS2. The highest BCUT2D eigenvalue weighted by Gasteiger charge is 2.30. The van der Waals surface area contributed by atoms with Gasteiger partial charge in [-0.2, -0.15) is 5.26 Å². The molecule has 0 spiro atoms. The number of aromatic nitrogens is 1. The van der Waals surface area contributed by atoms with Gasteiger partial charge in [-0.15, -0.1) is 0 Å². The van der Waals surface area contributed by atoms with Crippen molar-refractivity contribution in [1.29, 1.82) is 5.26 Å². The average molecular weight is 304 g/mol. The molecule has 0 aliphatic carbocycles. The quantitative estimate of drug-likeness (QED) is 0.477. The Morgan fingerprint density at radius 1 is 1.80 bits per heavy atom. The van der Waals surface area contributed by atoms with Gasteiger partial charge >= 0.3 is 0 Å². The molecule has 2 rings (SSSR count). The number of nitrogens with zero attached hydrogens (tertiary/aromatic N) is 3. The van der Waals surface area contributed by atoms with Crippen molar-refractivity contribution in [1.82, 2.24) is 4.98 Å². The highest BCUT2D eigenvalue weighted by Crippen LogP contribution is 2.33. The van der Waals surface area contributed by atoms with E-state index in [0.29, 0.717) is 18.1 Å². The van der Waals surface area contributed by atoms with Gasteiger partial charge in [0, 0.05) is 29.6 Å². The van der Waals surface area contributed by atoms with Crippen LogP contribution < -0.4 is 4.90 Å². The summed E-state index contributed by atoms with van der Waals surface area (Å²) >= 11 is 5.85. The lowest BCUT2D eigenvalue weighted by atomic mass is 10.4. The molecule has 1 saturated heterocycles. The van der Waals surface area contributed by atoms with E-state index in [0.717, 1.165) is 16.0 Å². The average Bonchev–Trinajstić information content (AvgIpc) is 2.73. The van der Waals surface area contributed by atoms with Gasteiger partial charge in [0.1, 0.15) is 5.40 Å². The molecule has 78 valence electrons. The first-order valence-electron chi connectivity index (χ1n) is 4.17. The van der Waals surface area contributed by atoms with Crippen LogP contribution in [0.3, 0.4) is 0 Å². The van der Waals surface area contributed by atoms with E-state index in [1.165, 1.54) is 11.3 Å². The lowest BCUT2D eigenvalue weighted by Gasteiger charge is -2.10. The number of thiocyanates is 1. The van der Waals surface area contributed by atoms with Crippen LogP contribution in [0, 0.1) is 10.7 Å². The highest BCUT2D eigenvalue weighted by molar-refractivity contribution is 9.09. The second-order valence-electron chi connectivity index (χ2n) is 2.96. The minimum Gasteiger partial charge on any atom is -0.287 e. The summed E-state index contributed by atoms with van der Waals surface area (Å²) in [5.74, 6) is 0.0831. The van der Waals surface area contributed by atoms with E-state index in [4.69, 9.17) is 5.26 Å². The number of carbonyl (C=O) groups excluding carboxylic acids is 1. The maximum atomic E-state index is 11.5. The number of carbonyl (C=O) groups is 1. The summed E-state index contributed by atoms with van der Waals surface area (Å²) in [4.78, 5) is 17.5. The Kier molecular flexibility index (Phi) is 3.29. The molecule has 1 unspecified atom stereocenters. The fourth-order valence-corrected chi connectivity index (χ4v) is 3.26. The standard InChI is InChI=1S/C8H6BrN3OS2/c9-5-1-6(13)12(3-5)8-11-2-7(15-8)14-4-10/h2,5H,1,3H2. The first kappa shape index (κ1) is 10.9. The van der Waals surface area contributed by atoms with Crippen LogP contribution in [0.25, 0.3) is 0 Å². The van der Waals surface area contributed by atoms with Crippen molar-refractivity contribution < 1.29 is 4.79 Å². The molecule has 4 nitrogen and oxygen atoms in total. The second kappa shape index (κ2) is 4.51. The van der Waals surface area contributed by atoms with Crippen molar-refractivity contribution in [3.63, 3.8) is 0 Å². The minimum absolute atomic E-state index is 0.0831. The van der Waals surface area contributed by atoms with E-state index >= 15 is 0 Å². The fraction of sp³-hybridized carbons (Fsp3) is 0.375. The number of halogens is 1. The molecule has 0 radical (unpaired) electrons. The molecule has 1 aromatic rings. The van der Waals surface area contributed by atoms with Gasteiger partial charge in [-0.3, -0.25) is 9.69 Å². The summed E-state index contributed by atoms with van der Waals surface area (Å²) in [5, 5.41) is 11.2. The largest absolute Gasteiger partial charge is 0.287 e. The molecule has 1 fully saturated rings. The third kappa shape index (κ3) is 2.33. The summed E-state index contributed by atoms with van der Waals surface area (Å²) in [6.07, 6.45) is 2.14. The van der Waals surface area contributed by atoms with Crippen LogP contribution in [0.5, 0.6) is 0 Å². The molecule has 7 heteroatoms. The van der Waals surface area contributed by atoms with Crippen molar-refractivity contribution in [3.05, 3.63) is 6.20 Å². The number of hydrogen-bond donors (Lipinski definition) is 0. The van der Waals surface area contributed by atoms with Gasteiger partial charge in [0.05, 0.1) is 10.4 Å². The molecule has 1 aromatic heterocycles. The van der Waals surface area contributed by atoms with Crippen LogP contribution in [-0.2, 0) is 4.79 Å². The molecule has 1 aliphatic heterocycles. The van der Waals surface area contributed by atoms with Gasteiger partial charge in [0.15, 0.2) is 5.13 Å². The molecule has 0 aromatic carbocycles. The smallest absolute Gasteiger partial charge is 0.230 e. The normalized spacial score (nSPS) is 20.7.